The number of rotatable bonds is 6. The van der Waals surface area contributed by atoms with E-state index in [0.29, 0.717) is 22.4 Å². The standard InChI is InChI=1S/C26H24F2N2O4/c1-15-13-26(2,3)29-21-9-8-18(19-7-5-16(27)11-23(19)33-4)20(25(15)21)14-34-24-12-17(28)6-10-22(24)30(31)32/h5-13,29H,14H2,1-4H3. The molecule has 0 atom stereocenters. The summed E-state index contributed by atoms with van der Waals surface area (Å²) in [6.07, 6.45) is 2.08. The van der Waals surface area contributed by atoms with Gasteiger partial charge in [-0.1, -0.05) is 12.1 Å². The predicted molar refractivity (Wildman–Crippen MR) is 127 cm³/mol. The fourth-order valence-electron chi connectivity index (χ4n) is 4.39. The Kier molecular flexibility index (Phi) is 6.00. The Morgan fingerprint density at radius 1 is 1.00 bits per heavy atom. The van der Waals surface area contributed by atoms with Gasteiger partial charge in [-0.25, -0.2) is 8.78 Å². The van der Waals surface area contributed by atoms with Crippen LogP contribution >= 0.6 is 0 Å². The summed E-state index contributed by atoms with van der Waals surface area (Å²) in [5.74, 6) is -0.920. The Morgan fingerprint density at radius 3 is 2.32 bits per heavy atom. The molecular weight excluding hydrogens is 442 g/mol. The van der Waals surface area contributed by atoms with Crippen molar-refractivity contribution < 1.29 is 23.2 Å². The van der Waals surface area contributed by atoms with Crippen LogP contribution in [0.25, 0.3) is 16.7 Å². The molecule has 0 bridgehead atoms. The van der Waals surface area contributed by atoms with Gasteiger partial charge < -0.3 is 14.8 Å². The highest BCUT2D eigenvalue weighted by Crippen LogP contribution is 2.43. The molecule has 0 amide bonds. The molecule has 0 spiro atoms. The molecule has 3 aromatic rings. The van der Waals surface area contributed by atoms with E-state index in [1.807, 2.05) is 32.9 Å². The van der Waals surface area contributed by atoms with Crippen LogP contribution in [0.3, 0.4) is 0 Å². The van der Waals surface area contributed by atoms with Gasteiger partial charge in [0.25, 0.3) is 0 Å². The van der Waals surface area contributed by atoms with Gasteiger partial charge in [0.05, 0.1) is 17.6 Å². The van der Waals surface area contributed by atoms with Gasteiger partial charge in [0.1, 0.15) is 24.0 Å². The lowest BCUT2D eigenvalue weighted by Crippen LogP contribution is -2.32. The largest absolute Gasteiger partial charge is 0.496 e. The first-order chi connectivity index (χ1) is 16.1. The molecule has 1 aliphatic heterocycles. The molecule has 0 radical (unpaired) electrons. The van der Waals surface area contributed by atoms with E-state index >= 15 is 0 Å². The molecular formula is C26H24F2N2O4. The van der Waals surface area contributed by atoms with E-state index in [2.05, 4.69) is 11.4 Å². The van der Waals surface area contributed by atoms with Gasteiger partial charge in [0, 0.05) is 40.6 Å². The average Bonchev–Trinajstić information content (AvgIpc) is 2.76. The maximum atomic E-state index is 13.9. The first-order valence-electron chi connectivity index (χ1n) is 10.6. The van der Waals surface area contributed by atoms with Gasteiger partial charge in [-0.3, -0.25) is 10.1 Å². The Labute approximate surface area is 196 Å². The number of nitrogens with zero attached hydrogens (tertiary/aromatic N) is 1. The first kappa shape index (κ1) is 23.2. The number of nitro benzene ring substituents is 1. The highest BCUT2D eigenvalue weighted by atomic mass is 19.1. The SMILES string of the molecule is COc1cc(F)ccc1-c1ccc2c(c1COc1cc(F)ccc1[N+](=O)[O-])C(C)=CC(C)(C)N2. The number of fused-ring (bicyclic) bond motifs is 1. The van der Waals surface area contributed by atoms with Gasteiger partial charge >= 0.3 is 5.69 Å². The Morgan fingerprint density at radius 2 is 1.65 bits per heavy atom. The number of nitrogens with one attached hydrogen (secondary N) is 1. The summed E-state index contributed by atoms with van der Waals surface area (Å²) < 4.78 is 39.0. The molecule has 0 saturated carbocycles. The van der Waals surface area contributed by atoms with Crippen LogP contribution in [0, 0.1) is 21.7 Å². The van der Waals surface area contributed by atoms with E-state index in [9.17, 15) is 18.9 Å². The van der Waals surface area contributed by atoms with Gasteiger partial charge in [0.2, 0.25) is 0 Å². The molecule has 176 valence electrons. The zero-order valence-electron chi connectivity index (χ0n) is 19.2. The minimum absolute atomic E-state index is 0.0867. The number of hydrogen-bond donors (Lipinski definition) is 1. The number of hydrogen-bond acceptors (Lipinski definition) is 5. The molecule has 34 heavy (non-hydrogen) atoms. The van der Waals surface area contributed by atoms with E-state index in [1.165, 1.54) is 19.2 Å². The fourth-order valence-corrected chi connectivity index (χ4v) is 4.39. The molecule has 0 aliphatic carbocycles. The molecule has 4 rings (SSSR count). The second-order valence-corrected chi connectivity index (χ2v) is 8.69. The molecule has 1 N–H and O–H groups in total. The van der Waals surface area contributed by atoms with Crippen molar-refractivity contribution in [1.82, 2.24) is 0 Å². The predicted octanol–water partition coefficient (Wildman–Crippen LogP) is 6.74. The van der Waals surface area contributed by atoms with E-state index < -0.39 is 16.6 Å². The lowest BCUT2D eigenvalue weighted by molar-refractivity contribution is -0.386. The van der Waals surface area contributed by atoms with E-state index in [4.69, 9.17) is 9.47 Å². The summed E-state index contributed by atoms with van der Waals surface area (Å²) >= 11 is 0. The van der Waals surface area contributed by atoms with Crippen molar-refractivity contribution in [2.45, 2.75) is 32.9 Å². The van der Waals surface area contributed by atoms with Crippen molar-refractivity contribution in [2.75, 3.05) is 12.4 Å². The third-order valence-corrected chi connectivity index (χ3v) is 5.69. The summed E-state index contributed by atoms with van der Waals surface area (Å²) in [7, 11) is 1.46. The third kappa shape index (κ3) is 4.44. The first-order valence-corrected chi connectivity index (χ1v) is 10.6. The van der Waals surface area contributed by atoms with E-state index in [1.54, 1.807) is 6.07 Å². The molecule has 0 unspecified atom stereocenters. The molecule has 1 heterocycles. The van der Waals surface area contributed by atoms with Crippen LogP contribution in [0.4, 0.5) is 20.2 Å². The number of allylic oxidation sites excluding steroid dienone is 1. The zero-order valence-corrected chi connectivity index (χ0v) is 19.2. The van der Waals surface area contributed by atoms with Gasteiger partial charge in [-0.05, 0) is 56.2 Å². The molecule has 1 aliphatic rings. The van der Waals surface area contributed by atoms with Gasteiger partial charge in [-0.15, -0.1) is 0 Å². The quantitative estimate of drug-likeness (QED) is 0.322. The summed E-state index contributed by atoms with van der Waals surface area (Å²) in [6, 6.07) is 11.1. The summed E-state index contributed by atoms with van der Waals surface area (Å²) in [4.78, 5) is 10.8. The summed E-state index contributed by atoms with van der Waals surface area (Å²) in [6.45, 7) is 5.98. The lowest BCUT2D eigenvalue weighted by atomic mass is 9.85. The van der Waals surface area contributed by atoms with Crippen LogP contribution in [0.1, 0.15) is 31.9 Å². The van der Waals surface area contributed by atoms with Crippen LogP contribution < -0.4 is 14.8 Å². The van der Waals surface area contributed by atoms with E-state index in [0.717, 1.165) is 35.0 Å². The number of methoxy groups -OCH3 is 1. The number of halogens is 2. The Bertz CT molecular complexity index is 1320. The van der Waals surface area contributed by atoms with Crippen molar-refractivity contribution in [1.29, 1.82) is 0 Å². The van der Waals surface area contributed by atoms with Crippen molar-refractivity contribution in [3.05, 3.63) is 87.5 Å². The van der Waals surface area contributed by atoms with Crippen molar-refractivity contribution >= 4 is 16.9 Å². The van der Waals surface area contributed by atoms with Crippen molar-refractivity contribution in [3.63, 3.8) is 0 Å². The van der Waals surface area contributed by atoms with Crippen LogP contribution in [-0.2, 0) is 6.61 Å². The number of anilines is 1. The molecule has 0 aromatic heterocycles. The molecule has 8 heteroatoms. The van der Waals surface area contributed by atoms with Crippen molar-refractivity contribution in [3.8, 4) is 22.6 Å². The lowest BCUT2D eigenvalue weighted by Gasteiger charge is -2.33. The summed E-state index contributed by atoms with van der Waals surface area (Å²) in [5, 5.41) is 14.9. The topological polar surface area (TPSA) is 73.6 Å². The average molecular weight is 466 g/mol. The third-order valence-electron chi connectivity index (χ3n) is 5.69. The number of benzene rings is 3. The van der Waals surface area contributed by atoms with Crippen molar-refractivity contribution in [2.24, 2.45) is 0 Å². The van der Waals surface area contributed by atoms with Crippen LogP contribution in [0.2, 0.25) is 0 Å². The maximum absolute atomic E-state index is 13.9. The van der Waals surface area contributed by atoms with Crippen LogP contribution in [-0.4, -0.2) is 17.6 Å². The fraction of sp³-hybridized carbons (Fsp3) is 0.231. The highest BCUT2D eigenvalue weighted by Gasteiger charge is 2.27. The normalized spacial score (nSPS) is 14.0. The molecule has 3 aromatic carbocycles. The second-order valence-electron chi connectivity index (χ2n) is 8.69. The van der Waals surface area contributed by atoms with Crippen LogP contribution in [0.5, 0.6) is 11.5 Å². The Hall–Kier alpha value is -3.94. The minimum atomic E-state index is -0.643. The number of nitro groups is 1. The molecule has 0 saturated heterocycles. The Balaban J connectivity index is 1.88. The molecule has 0 fully saturated rings. The minimum Gasteiger partial charge on any atom is -0.496 e. The monoisotopic (exact) mass is 466 g/mol. The smallest absolute Gasteiger partial charge is 0.311 e. The molecule has 6 nitrogen and oxygen atoms in total. The number of ether oxygens (including phenoxy) is 2. The highest BCUT2D eigenvalue weighted by molar-refractivity contribution is 5.88. The second kappa shape index (κ2) is 8.78. The van der Waals surface area contributed by atoms with Gasteiger partial charge in [-0.2, -0.15) is 0 Å². The van der Waals surface area contributed by atoms with Gasteiger partial charge in [0.15, 0.2) is 5.75 Å². The zero-order chi connectivity index (χ0) is 24.6. The summed E-state index contributed by atoms with van der Waals surface area (Å²) in [5.41, 5.74) is 4.14. The van der Waals surface area contributed by atoms with E-state index in [-0.39, 0.29) is 23.6 Å². The van der Waals surface area contributed by atoms with Crippen LogP contribution in [0.15, 0.2) is 54.6 Å². The maximum Gasteiger partial charge on any atom is 0.311 e.